The number of rotatable bonds is 12. The van der Waals surface area contributed by atoms with Gasteiger partial charge in [-0.25, -0.2) is 5.84 Å². The number of hydrogen-bond acceptors (Lipinski definition) is 4. The molecule has 0 saturated carbocycles. The van der Waals surface area contributed by atoms with Crippen LogP contribution in [0.5, 0.6) is 0 Å². The molecule has 0 aromatic heterocycles. The summed E-state index contributed by atoms with van der Waals surface area (Å²) in [5, 5.41) is 3.28. The highest BCUT2D eigenvalue weighted by Crippen LogP contribution is 2.26. The van der Waals surface area contributed by atoms with Gasteiger partial charge < -0.3 is 10.2 Å². The van der Waals surface area contributed by atoms with Crippen LogP contribution in [0, 0.1) is 0 Å². The van der Waals surface area contributed by atoms with Crippen LogP contribution in [-0.4, -0.2) is 23.8 Å². The summed E-state index contributed by atoms with van der Waals surface area (Å²) in [7, 11) is 1.88. The van der Waals surface area contributed by atoms with Crippen molar-refractivity contribution in [2.24, 2.45) is 5.84 Å². The standard InChI is InChI=1S/C29H36N4O2/c1-3-4-5-6-7-15-28(34)33(2)21-22-11-10-12-24(20-22)23-16-18-25(19-17-23)31-27-14-9-8-13-26(27)29(35)32-30/h8-14,16-20,31H,3-7,15,21,30H2,1-2H3,(H,32,35). The number of nitrogen functional groups attached to an aromatic ring is 1. The van der Waals surface area contributed by atoms with Crippen LogP contribution in [0.2, 0.25) is 0 Å². The summed E-state index contributed by atoms with van der Waals surface area (Å²) in [6.45, 7) is 2.80. The first kappa shape index (κ1) is 26.0. The van der Waals surface area contributed by atoms with Gasteiger partial charge in [-0.1, -0.05) is 75.1 Å². The molecule has 3 rings (SSSR count). The Morgan fingerprint density at radius 3 is 2.34 bits per heavy atom. The van der Waals surface area contributed by atoms with Crippen LogP contribution in [0.1, 0.15) is 61.4 Å². The van der Waals surface area contributed by atoms with E-state index in [1.807, 2.05) is 54.4 Å². The molecule has 0 atom stereocenters. The summed E-state index contributed by atoms with van der Waals surface area (Å²) in [6.07, 6.45) is 6.37. The molecule has 0 fully saturated rings. The van der Waals surface area contributed by atoms with Crippen LogP contribution >= 0.6 is 0 Å². The lowest BCUT2D eigenvalue weighted by atomic mass is 10.0. The van der Waals surface area contributed by atoms with E-state index in [9.17, 15) is 9.59 Å². The molecule has 0 aliphatic rings. The fourth-order valence-corrected chi connectivity index (χ4v) is 4.05. The summed E-state index contributed by atoms with van der Waals surface area (Å²) >= 11 is 0. The number of para-hydroxylation sites is 1. The van der Waals surface area contributed by atoms with Crippen molar-refractivity contribution in [2.75, 3.05) is 12.4 Å². The lowest BCUT2D eigenvalue weighted by Crippen LogP contribution is -2.30. The van der Waals surface area contributed by atoms with Crippen LogP contribution in [0.25, 0.3) is 11.1 Å². The Labute approximate surface area is 208 Å². The number of benzene rings is 3. The second-order valence-corrected chi connectivity index (χ2v) is 8.84. The van der Waals surface area contributed by atoms with Crippen LogP contribution in [0.15, 0.2) is 72.8 Å². The monoisotopic (exact) mass is 472 g/mol. The van der Waals surface area contributed by atoms with Gasteiger partial charge in [0.05, 0.1) is 11.3 Å². The zero-order valence-electron chi connectivity index (χ0n) is 20.7. The van der Waals surface area contributed by atoms with Gasteiger partial charge in [0, 0.05) is 25.7 Å². The lowest BCUT2D eigenvalue weighted by molar-refractivity contribution is -0.130. The molecule has 6 nitrogen and oxygen atoms in total. The van der Waals surface area contributed by atoms with E-state index in [2.05, 4.69) is 35.9 Å². The number of hydrazine groups is 1. The molecule has 184 valence electrons. The van der Waals surface area contributed by atoms with E-state index in [1.165, 1.54) is 19.3 Å². The largest absolute Gasteiger partial charge is 0.355 e. The number of nitrogens with zero attached hydrogens (tertiary/aromatic N) is 1. The Morgan fingerprint density at radius 1 is 0.857 bits per heavy atom. The van der Waals surface area contributed by atoms with Gasteiger partial charge in [-0.2, -0.15) is 0 Å². The number of carbonyl (C=O) groups excluding carboxylic acids is 2. The van der Waals surface area contributed by atoms with Gasteiger partial charge in [0.1, 0.15) is 0 Å². The molecule has 3 aromatic carbocycles. The maximum Gasteiger partial charge on any atom is 0.267 e. The molecular formula is C29H36N4O2. The number of unbranched alkanes of at least 4 members (excludes halogenated alkanes) is 4. The average Bonchev–Trinajstić information content (AvgIpc) is 2.89. The predicted molar refractivity (Wildman–Crippen MR) is 143 cm³/mol. The second-order valence-electron chi connectivity index (χ2n) is 8.84. The van der Waals surface area contributed by atoms with Crippen LogP contribution in [0.4, 0.5) is 11.4 Å². The highest BCUT2D eigenvalue weighted by atomic mass is 16.2. The van der Waals surface area contributed by atoms with Gasteiger partial charge in [0.25, 0.3) is 5.91 Å². The van der Waals surface area contributed by atoms with Gasteiger partial charge in [0.2, 0.25) is 5.91 Å². The van der Waals surface area contributed by atoms with E-state index < -0.39 is 0 Å². The molecule has 0 saturated heterocycles. The number of nitrogens with two attached hydrogens (primary N) is 1. The second kappa shape index (κ2) is 13.3. The molecule has 0 unspecified atom stereocenters. The Hall–Kier alpha value is -3.64. The van der Waals surface area contributed by atoms with E-state index >= 15 is 0 Å². The SMILES string of the molecule is CCCCCCCC(=O)N(C)Cc1cccc(-c2ccc(Nc3ccccc3C(=O)NN)cc2)c1. The van der Waals surface area contributed by atoms with E-state index in [4.69, 9.17) is 5.84 Å². The fraction of sp³-hybridized carbons (Fsp3) is 0.310. The minimum Gasteiger partial charge on any atom is -0.355 e. The molecule has 4 N–H and O–H groups in total. The molecule has 0 bridgehead atoms. The molecular weight excluding hydrogens is 436 g/mol. The smallest absolute Gasteiger partial charge is 0.267 e. The third-order valence-corrected chi connectivity index (χ3v) is 6.07. The van der Waals surface area contributed by atoms with Gasteiger partial charge in [-0.15, -0.1) is 0 Å². The number of anilines is 2. The van der Waals surface area contributed by atoms with Crippen molar-refractivity contribution in [3.63, 3.8) is 0 Å². The van der Waals surface area contributed by atoms with Crippen molar-refractivity contribution in [3.05, 3.63) is 83.9 Å². The summed E-state index contributed by atoms with van der Waals surface area (Å²) in [6, 6.07) is 23.6. The van der Waals surface area contributed by atoms with Crippen LogP contribution < -0.4 is 16.6 Å². The Kier molecular flexibility index (Phi) is 9.87. The van der Waals surface area contributed by atoms with E-state index in [0.29, 0.717) is 24.2 Å². The third kappa shape index (κ3) is 7.69. The summed E-state index contributed by atoms with van der Waals surface area (Å²) in [5.41, 5.74) is 7.48. The highest BCUT2D eigenvalue weighted by Gasteiger charge is 2.11. The summed E-state index contributed by atoms with van der Waals surface area (Å²) in [5.74, 6) is 5.15. The average molecular weight is 473 g/mol. The molecule has 0 heterocycles. The predicted octanol–water partition coefficient (Wildman–Crippen LogP) is 6.02. The molecule has 6 heteroatoms. The first-order chi connectivity index (χ1) is 17.0. The maximum absolute atomic E-state index is 12.5. The van der Waals surface area contributed by atoms with Gasteiger partial charge >= 0.3 is 0 Å². The maximum atomic E-state index is 12.5. The van der Waals surface area contributed by atoms with Crippen molar-refractivity contribution in [2.45, 2.75) is 52.0 Å². The molecule has 0 aliphatic carbocycles. The fourth-order valence-electron chi connectivity index (χ4n) is 4.05. The Morgan fingerprint density at radius 2 is 1.60 bits per heavy atom. The molecule has 2 amide bonds. The zero-order valence-corrected chi connectivity index (χ0v) is 20.7. The van der Waals surface area contributed by atoms with E-state index in [-0.39, 0.29) is 11.8 Å². The Balaban J connectivity index is 1.62. The van der Waals surface area contributed by atoms with Gasteiger partial charge in [-0.3, -0.25) is 15.0 Å². The van der Waals surface area contributed by atoms with Crippen molar-refractivity contribution in [3.8, 4) is 11.1 Å². The number of amides is 2. The van der Waals surface area contributed by atoms with Crippen molar-refractivity contribution in [1.29, 1.82) is 0 Å². The topological polar surface area (TPSA) is 87.5 Å². The lowest BCUT2D eigenvalue weighted by Gasteiger charge is -2.18. The highest BCUT2D eigenvalue weighted by molar-refractivity contribution is 6.00. The van der Waals surface area contributed by atoms with Crippen molar-refractivity contribution in [1.82, 2.24) is 10.3 Å². The minimum atomic E-state index is -0.346. The molecule has 0 spiro atoms. The Bertz CT molecular complexity index is 1110. The number of nitrogens with one attached hydrogen (secondary N) is 2. The van der Waals surface area contributed by atoms with Crippen LogP contribution in [0.3, 0.4) is 0 Å². The number of carbonyl (C=O) groups is 2. The first-order valence-corrected chi connectivity index (χ1v) is 12.3. The normalized spacial score (nSPS) is 10.6. The zero-order chi connectivity index (χ0) is 25.0. The number of hydrogen-bond donors (Lipinski definition) is 3. The molecule has 3 aromatic rings. The molecule has 0 aliphatic heterocycles. The van der Waals surface area contributed by atoms with Crippen molar-refractivity contribution >= 4 is 23.2 Å². The minimum absolute atomic E-state index is 0.200. The van der Waals surface area contributed by atoms with E-state index in [1.54, 1.807) is 12.1 Å². The van der Waals surface area contributed by atoms with Gasteiger partial charge in [-0.05, 0) is 53.4 Å². The van der Waals surface area contributed by atoms with E-state index in [0.717, 1.165) is 35.2 Å². The summed E-state index contributed by atoms with van der Waals surface area (Å²) < 4.78 is 0. The summed E-state index contributed by atoms with van der Waals surface area (Å²) in [4.78, 5) is 26.3. The van der Waals surface area contributed by atoms with Crippen molar-refractivity contribution < 1.29 is 9.59 Å². The molecule has 0 radical (unpaired) electrons. The quantitative estimate of drug-likeness (QED) is 0.130. The first-order valence-electron chi connectivity index (χ1n) is 12.3. The molecule has 35 heavy (non-hydrogen) atoms. The third-order valence-electron chi connectivity index (χ3n) is 6.07. The van der Waals surface area contributed by atoms with Crippen LogP contribution in [-0.2, 0) is 11.3 Å². The van der Waals surface area contributed by atoms with Gasteiger partial charge in [0.15, 0.2) is 0 Å².